The molecule has 25 heavy (non-hydrogen) atoms. The Labute approximate surface area is 142 Å². The molecule has 10 aliphatic heterocycles. The topological polar surface area (TPSA) is 0 Å². The van der Waals surface area contributed by atoms with E-state index in [2.05, 4.69) is 72.4 Å². The van der Waals surface area contributed by atoms with Gasteiger partial charge in [-0.05, 0) is 0 Å². The van der Waals surface area contributed by atoms with E-state index in [1.807, 2.05) is 0 Å². The van der Waals surface area contributed by atoms with Crippen LogP contribution < -0.4 is 0 Å². The van der Waals surface area contributed by atoms with Gasteiger partial charge in [0.15, 0.2) is 0 Å². The first kappa shape index (κ1) is 10.6. The molecule has 0 nitrogen and oxygen atoms in total. The Morgan fingerprint density at radius 1 is 0.680 bits per heavy atom. The van der Waals surface area contributed by atoms with E-state index >= 15 is 0 Å². The summed E-state index contributed by atoms with van der Waals surface area (Å²) in [7, 11) is 0. The minimum absolute atomic E-state index is 0.810. The molecule has 1 spiro atoms. The molecule has 0 aromatic heterocycles. The van der Waals surface area contributed by atoms with E-state index in [9.17, 15) is 0 Å². The van der Waals surface area contributed by atoms with Gasteiger partial charge in [0.25, 0.3) is 0 Å². The average molecular weight is 384 g/mol. The SMILES string of the molecule is c1ccc(SC(c2ccccc2)[C]23[CH]4[CH]5[CH]6[CH]2[Fe]56432789[CH]3[CH]2[CH]7[CH]8[CH]39)cc1. The second-order valence-corrected chi connectivity index (χ2v) is 37.7. The predicted molar refractivity (Wildman–Crippen MR) is 97.9 cm³/mol. The minimum atomic E-state index is -3.07. The van der Waals surface area contributed by atoms with Gasteiger partial charge in [-0.2, -0.15) is 0 Å². The zero-order chi connectivity index (χ0) is 15.5. The van der Waals surface area contributed by atoms with Crippen LogP contribution in [0.25, 0.3) is 0 Å². The molecule has 0 aliphatic carbocycles. The first-order chi connectivity index (χ1) is 12.1. The van der Waals surface area contributed by atoms with Crippen molar-refractivity contribution < 1.29 is 6.51 Å². The summed E-state index contributed by atoms with van der Waals surface area (Å²) in [5.41, 5.74) is 1.68. The summed E-state index contributed by atoms with van der Waals surface area (Å²) in [6, 6.07) is 23.2. The second-order valence-electron chi connectivity index (χ2n) is 13.0. The van der Waals surface area contributed by atoms with E-state index in [-0.39, 0.29) is 0 Å². The summed E-state index contributed by atoms with van der Waals surface area (Å²) in [5, 5.41) is 0.810. The van der Waals surface area contributed by atoms with Crippen LogP contribution in [0, 0.1) is 0 Å². The fourth-order valence-electron chi connectivity index (χ4n) is 18.8. The Bertz CT molecular complexity index is 1370. The summed E-state index contributed by atoms with van der Waals surface area (Å²) in [6.07, 6.45) is 0. The van der Waals surface area contributed by atoms with Gasteiger partial charge < -0.3 is 0 Å². The summed E-state index contributed by atoms with van der Waals surface area (Å²) >= 11 is 2.28. The summed E-state index contributed by atoms with van der Waals surface area (Å²) in [5.74, 6) is 0. The van der Waals surface area contributed by atoms with E-state index in [1.54, 1.807) is 5.56 Å². The number of hydrogen-bond acceptors (Lipinski definition) is 1. The molecule has 10 fully saturated rings. The molecule has 0 saturated carbocycles. The first-order valence-electron chi connectivity index (χ1n) is 10.1. The van der Waals surface area contributed by atoms with Gasteiger partial charge in [0.2, 0.25) is 0 Å². The van der Waals surface area contributed by atoms with Crippen molar-refractivity contribution in [3.8, 4) is 0 Å². The number of thioether (sulfide) groups is 1. The third-order valence-corrected chi connectivity index (χ3v) is 61.6. The van der Waals surface area contributed by atoms with Crippen LogP contribution in [0.15, 0.2) is 65.6 Å². The number of benzene rings is 2. The van der Waals surface area contributed by atoms with Crippen molar-refractivity contribution >= 4 is 11.8 Å². The monoisotopic (exact) mass is 384 g/mol. The van der Waals surface area contributed by atoms with Gasteiger partial charge >= 0.3 is 142 Å². The van der Waals surface area contributed by atoms with Crippen LogP contribution >= 0.6 is 11.8 Å². The third-order valence-electron chi connectivity index (χ3n) is 17.3. The quantitative estimate of drug-likeness (QED) is 0.394. The van der Waals surface area contributed by atoms with Crippen LogP contribution in [0.3, 0.4) is 0 Å². The van der Waals surface area contributed by atoms with Crippen molar-refractivity contribution in [1.29, 1.82) is 0 Å². The van der Waals surface area contributed by atoms with Crippen LogP contribution in [0.5, 0.6) is 0 Å². The molecule has 0 radical (unpaired) electrons. The molecule has 10 saturated heterocycles. The number of hydrogen-bond donors (Lipinski definition) is 0. The van der Waals surface area contributed by atoms with Gasteiger partial charge in [-0.3, -0.25) is 0 Å². The maximum absolute atomic E-state index is 3.07. The van der Waals surface area contributed by atoms with E-state index in [0.29, 0.717) is 0 Å². The molecule has 2 heteroatoms. The first-order valence-corrected chi connectivity index (χ1v) is 17.3. The fourth-order valence-corrected chi connectivity index (χ4v) is 96.9. The Morgan fingerprint density at radius 2 is 1.20 bits per heavy atom. The molecule has 2 aromatic rings. The normalized spacial score (nSPS) is 85.8. The fraction of sp³-hybridized carbons (Fsp3) is 0.478. The summed E-state index contributed by atoms with van der Waals surface area (Å²) < 4.78 is 0.931. The van der Waals surface area contributed by atoms with Gasteiger partial charge in [-0.15, -0.1) is 0 Å². The molecular weight excluding hydrogens is 364 g/mol. The summed E-state index contributed by atoms with van der Waals surface area (Å²) in [4.78, 5) is 14.2. The molecule has 0 amide bonds. The third kappa shape index (κ3) is 0.180. The molecule has 10 heterocycles. The van der Waals surface area contributed by atoms with Gasteiger partial charge in [0.1, 0.15) is 0 Å². The van der Waals surface area contributed by atoms with Crippen LogP contribution in [-0.4, -0.2) is 0 Å². The van der Waals surface area contributed by atoms with E-state index in [1.165, 1.54) is 48.2 Å². The van der Waals surface area contributed by atoms with Crippen LogP contribution in [-0.2, 0) is 6.51 Å². The Morgan fingerprint density at radius 3 is 1.64 bits per heavy atom. The number of rotatable bonds is 4. The van der Waals surface area contributed by atoms with Crippen molar-refractivity contribution in [1.82, 2.24) is 0 Å². The van der Waals surface area contributed by atoms with Gasteiger partial charge in [-0.25, -0.2) is 0 Å². The predicted octanol–water partition coefficient (Wildman–Crippen LogP) is 7.28. The van der Waals surface area contributed by atoms with Crippen molar-refractivity contribution in [2.24, 2.45) is 0 Å². The molecular formula is C23H20FeS. The molecule has 126 valence electrons. The van der Waals surface area contributed by atoms with Crippen LogP contribution in [0.4, 0.5) is 0 Å². The van der Waals surface area contributed by atoms with Crippen molar-refractivity contribution in [3.05, 3.63) is 66.2 Å². The van der Waals surface area contributed by atoms with Crippen molar-refractivity contribution in [2.75, 3.05) is 0 Å². The van der Waals surface area contributed by atoms with Gasteiger partial charge in [0, 0.05) is 0 Å². The maximum atomic E-state index is 2.48. The van der Waals surface area contributed by atoms with Crippen molar-refractivity contribution in [3.63, 3.8) is 0 Å². The summed E-state index contributed by atoms with van der Waals surface area (Å²) in [6.45, 7) is -3.07. The number of fused-ring (bicyclic) bond motifs is 10. The average Bonchev–Trinajstić information content (AvgIpc) is 3.61. The van der Waals surface area contributed by atoms with Crippen LogP contribution in [0.2, 0.25) is 47.7 Å². The Kier molecular flexibility index (Phi) is 0.519. The van der Waals surface area contributed by atoms with Gasteiger partial charge in [0.05, 0.1) is 0 Å². The molecule has 10 aliphatic rings. The molecule has 0 bridgehead atoms. The van der Waals surface area contributed by atoms with E-state index in [0.717, 1.165) is 9.56 Å². The van der Waals surface area contributed by atoms with E-state index in [4.69, 9.17) is 0 Å². The molecule has 12 rings (SSSR count). The zero-order valence-corrected chi connectivity index (χ0v) is 15.7. The van der Waals surface area contributed by atoms with Gasteiger partial charge in [-0.1, -0.05) is 0 Å². The zero-order valence-electron chi connectivity index (χ0n) is 13.8. The van der Waals surface area contributed by atoms with E-state index < -0.39 is 6.51 Å². The standard InChI is InChI=1S/C18H15S.C5H5.Fe/c1-3-9-15(10-4-1)18(16-11-7-8-12-16)19-17-13-5-2-6-14-17;1-2-4-5-3-1;/h1-14,18H;1-5H;. The molecule has 2 aromatic carbocycles. The molecule has 5 unspecified atom stereocenters. The Hall–Kier alpha value is -0.691. The second kappa shape index (κ2) is 1.23. The molecule has 5 atom stereocenters. The molecule has 0 N–H and O–H groups in total. The Balaban J connectivity index is 1.22. The van der Waals surface area contributed by atoms with Crippen LogP contribution in [0.1, 0.15) is 10.8 Å². The van der Waals surface area contributed by atoms with Crippen molar-refractivity contribution in [2.45, 2.75) is 57.8 Å².